The molecule has 2 heterocycles. The first-order valence-electron chi connectivity index (χ1n) is 5.07. The zero-order valence-electron chi connectivity index (χ0n) is 8.51. The van der Waals surface area contributed by atoms with Crippen LogP contribution in [-0.4, -0.2) is 25.2 Å². The molecule has 0 aliphatic carbocycles. The Morgan fingerprint density at radius 1 is 1.57 bits per heavy atom. The fourth-order valence-electron chi connectivity index (χ4n) is 1.65. The van der Waals surface area contributed by atoms with Crippen LogP contribution < -0.4 is 5.32 Å². The lowest BCUT2D eigenvalue weighted by atomic mass is 10.2. The highest BCUT2D eigenvalue weighted by molar-refractivity contribution is 7.11. The van der Waals surface area contributed by atoms with E-state index in [1.807, 2.05) is 11.3 Å². The summed E-state index contributed by atoms with van der Waals surface area (Å²) in [5.74, 6) is 0. The number of hydrogen-bond donors (Lipinski definition) is 1. The standard InChI is InChI=1S/C10H16N2OS/c1-13-6-2-3-10-12-8-4-5-11-7-9(8)14-10/h11H,2-7H2,1H3. The third-order valence-electron chi connectivity index (χ3n) is 2.39. The predicted octanol–water partition coefficient (Wildman–Crippen LogP) is 1.37. The number of nitrogens with one attached hydrogen (secondary N) is 1. The van der Waals surface area contributed by atoms with Crippen LogP contribution in [0.2, 0.25) is 0 Å². The summed E-state index contributed by atoms with van der Waals surface area (Å²) in [5, 5.41) is 4.64. The molecule has 1 aliphatic heterocycles. The summed E-state index contributed by atoms with van der Waals surface area (Å²) in [6.45, 7) is 2.92. The molecule has 1 aliphatic rings. The normalized spacial score (nSPS) is 15.5. The van der Waals surface area contributed by atoms with Crippen molar-refractivity contribution in [3.05, 3.63) is 15.6 Å². The van der Waals surface area contributed by atoms with Crippen molar-refractivity contribution in [3.63, 3.8) is 0 Å². The first-order valence-corrected chi connectivity index (χ1v) is 5.89. The van der Waals surface area contributed by atoms with Crippen molar-refractivity contribution in [2.45, 2.75) is 25.8 Å². The Morgan fingerprint density at radius 2 is 2.50 bits per heavy atom. The van der Waals surface area contributed by atoms with Gasteiger partial charge in [-0.2, -0.15) is 0 Å². The molecular weight excluding hydrogens is 196 g/mol. The molecule has 2 rings (SSSR count). The summed E-state index contributed by atoms with van der Waals surface area (Å²) >= 11 is 1.86. The highest BCUT2D eigenvalue weighted by atomic mass is 32.1. The van der Waals surface area contributed by atoms with Crippen LogP contribution in [0.5, 0.6) is 0 Å². The molecule has 1 aromatic rings. The molecule has 4 heteroatoms. The first-order chi connectivity index (χ1) is 6.90. The van der Waals surface area contributed by atoms with Gasteiger partial charge in [0, 0.05) is 44.5 Å². The number of nitrogens with zero attached hydrogens (tertiary/aromatic N) is 1. The second-order valence-electron chi connectivity index (χ2n) is 3.50. The van der Waals surface area contributed by atoms with E-state index < -0.39 is 0 Å². The fraction of sp³-hybridized carbons (Fsp3) is 0.700. The Bertz CT molecular complexity index is 275. The number of methoxy groups -OCH3 is 1. The molecule has 0 atom stereocenters. The van der Waals surface area contributed by atoms with Crippen LogP contribution in [0.1, 0.15) is 22.0 Å². The monoisotopic (exact) mass is 212 g/mol. The summed E-state index contributed by atoms with van der Waals surface area (Å²) in [6.07, 6.45) is 3.23. The lowest BCUT2D eigenvalue weighted by Crippen LogP contribution is -2.22. The van der Waals surface area contributed by atoms with Crippen molar-refractivity contribution in [2.75, 3.05) is 20.3 Å². The summed E-state index contributed by atoms with van der Waals surface area (Å²) in [4.78, 5) is 6.08. The van der Waals surface area contributed by atoms with E-state index in [-0.39, 0.29) is 0 Å². The first kappa shape index (κ1) is 10.1. The summed E-state index contributed by atoms with van der Waals surface area (Å²) in [7, 11) is 1.75. The van der Waals surface area contributed by atoms with Gasteiger partial charge in [-0.1, -0.05) is 0 Å². The minimum absolute atomic E-state index is 0.836. The van der Waals surface area contributed by atoms with E-state index in [0.717, 1.165) is 39.0 Å². The maximum Gasteiger partial charge on any atom is 0.0932 e. The van der Waals surface area contributed by atoms with E-state index in [0.29, 0.717) is 0 Å². The van der Waals surface area contributed by atoms with E-state index in [1.165, 1.54) is 15.6 Å². The number of aryl methyl sites for hydroxylation is 1. The highest BCUT2D eigenvalue weighted by Gasteiger charge is 2.13. The number of thiazole rings is 1. The summed E-state index contributed by atoms with van der Waals surface area (Å²) in [5.41, 5.74) is 1.32. The molecule has 0 bridgehead atoms. The Hall–Kier alpha value is -0.450. The highest BCUT2D eigenvalue weighted by Crippen LogP contribution is 2.22. The minimum atomic E-state index is 0.836. The molecule has 78 valence electrons. The molecule has 0 saturated carbocycles. The van der Waals surface area contributed by atoms with Crippen LogP contribution >= 0.6 is 11.3 Å². The minimum Gasteiger partial charge on any atom is -0.385 e. The quantitative estimate of drug-likeness (QED) is 0.765. The van der Waals surface area contributed by atoms with Gasteiger partial charge in [0.2, 0.25) is 0 Å². The number of ether oxygens (including phenoxy) is 1. The molecule has 14 heavy (non-hydrogen) atoms. The van der Waals surface area contributed by atoms with Gasteiger partial charge in [0.1, 0.15) is 0 Å². The number of rotatable bonds is 4. The Kier molecular flexibility index (Phi) is 3.50. The molecule has 0 aromatic carbocycles. The van der Waals surface area contributed by atoms with Gasteiger partial charge in [-0.15, -0.1) is 11.3 Å². The molecule has 3 nitrogen and oxygen atoms in total. The van der Waals surface area contributed by atoms with Crippen LogP contribution in [0.3, 0.4) is 0 Å². The predicted molar refractivity (Wildman–Crippen MR) is 57.7 cm³/mol. The molecule has 0 saturated heterocycles. The maximum absolute atomic E-state index is 5.03. The van der Waals surface area contributed by atoms with Gasteiger partial charge in [0.15, 0.2) is 0 Å². The SMILES string of the molecule is COCCCc1nc2c(s1)CNCC2. The van der Waals surface area contributed by atoms with Gasteiger partial charge in [0.25, 0.3) is 0 Å². The van der Waals surface area contributed by atoms with Crippen molar-refractivity contribution < 1.29 is 4.74 Å². The second-order valence-corrected chi connectivity index (χ2v) is 4.67. The molecule has 0 radical (unpaired) electrons. The molecule has 1 aromatic heterocycles. The Morgan fingerprint density at radius 3 is 3.29 bits per heavy atom. The summed E-state index contributed by atoms with van der Waals surface area (Å²) in [6, 6.07) is 0. The largest absolute Gasteiger partial charge is 0.385 e. The van der Waals surface area contributed by atoms with E-state index in [1.54, 1.807) is 7.11 Å². The average molecular weight is 212 g/mol. The third-order valence-corrected chi connectivity index (χ3v) is 3.54. The summed E-state index contributed by atoms with van der Waals surface area (Å²) < 4.78 is 5.03. The van der Waals surface area contributed by atoms with Crippen molar-refractivity contribution >= 4 is 11.3 Å². The van der Waals surface area contributed by atoms with Crippen LogP contribution in [0.4, 0.5) is 0 Å². The van der Waals surface area contributed by atoms with E-state index in [2.05, 4.69) is 10.3 Å². The van der Waals surface area contributed by atoms with Crippen LogP contribution in [0.15, 0.2) is 0 Å². The van der Waals surface area contributed by atoms with Crippen LogP contribution in [0, 0.1) is 0 Å². The van der Waals surface area contributed by atoms with E-state index in [4.69, 9.17) is 4.74 Å². The molecular formula is C10H16N2OS. The van der Waals surface area contributed by atoms with Crippen molar-refractivity contribution in [1.82, 2.24) is 10.3 Å². The number of fused-ring (bicyclic) bond motifs is 1. The van der Waals surface area contributed by atoms with Crippen molar-refractivity contribution in [1.29, 1.82) is 0 Å². The van der Waals surface area contributed by atoms with Crippen LogP contribution in [-0.2, 0) is 24.1 Å². The van der Waals surface area contributed by atoms with Gasteiger partial charge >= 0.3 is 0 Å². The van der Waals surface area contributed by atoms with Gasteiger partial charge < -0.3 is 10.1 Å². The maximum atomic E-state index is 5.03. The number of aromatic nitrogens is 1. The second kappa shape index (κ2) is 4.87. The average Bonchev–Trinajstić information content (AvgIpc) is 2.60. The Balaban J connectivity index is 1.94. The van der Waals surface area contributed by atoms with Crippen LogP contribution in [0.25, 0.3) is 0 Å². The fourth-order valence-corrected chi connectivity index (χ4v) is 2.78. The van der Waals surface area contributed by atoms with Gasteiger partial charge in [-0.3, -0.25) is 0 Å². The third kappa shape index (κ3) is 2.32. The van der Waals surface area contributed by atoms with Crippen molar-refractivity contribution in [2.24, 2.45) is 0 Å². The molecule has 1 N–H and O–H groups in total. The van der Waals surface area contributed by atoms with E-state index >= 15 is 0 Å². The van der Waals surface area contributed by atoms with Gasteiger partial charge in [-0.05, 0) is 6.42 Å². The van der Waals surface area contributed by atoms with Gasteiger partial charge in [-0.25, -0.2) is 4.98 Å². The Labute approximate surface area is 88.5 Å². The molecule has 0 spiro atoms. The zero-order chi connectivity index (χ0) is 9.80. The smallest absolute Gasteiger partial charge is 0.0932 e. The van der Waals surface area contributed by atoms with Crippen molar-refractivity contribution in [3.8, 4) is 0 Å². The molecule has 0 fully saturated rings. The molecule has 0 unspecified atom stereocenters. The number of hydrogen-bond acceptors (Lipinski definition) is 4. The van der Waals surface area contributed by atoms with Gasteiger partial charge in [0.05, 0.1) is 10.7 Å². The zero-order valence-corrected chi connectivity index (χ0v) is 9.32. The van der Waals surface area contributed by atoms with E-state index in [9.17, 15) is 0 Å². The lowest BCUT2D eigenvalue weighted by Gasteiger charge is -2.09. The lowest BCUT2D eigenvalue weighted by molar-refractivity contribution is 0.195. The topological polar surface area (TPSA) is 34.1 Å². The molecule has 0 amide bonds.